The van der Waals surface area contributed by atoms with Crippen molar-refractivity contribution in [2.75, 3.05) is 5.73 Å². The van der Waals surface area contributed by atoms with E-state index in [-0.39, 0.29) is 11.3 Å². The summed E-state index contributed by atoms with van der Waals surface area (Å²) >= 11 is 0. The molecule has 19 heavy (non-hydrogen) atoms. The number of halogens is 5. The molecular weight excluding hydrogens is 265 g/mol. The summed E-state index contributed by atoms with van der Waals surface area (Å²) < 4.78 is 64.9. The molecule has 2 aromatic rings. The monoisotopic (exact) mass is 273 g/mol. The van der Waals surface area contributed by atoms with E-state index in [1.54, 1.807) is 0 Å². The fourth-order valence-corrected chi connectivity index (χ4v) is 1.72. The normalized spacial score (nSPS) is 11.6. The predicted octanol–water partition coefficient (Wildman–Crippen LogP) is 4.23. The number of benzene rings is 2. The molecule has 0 aliphatic carbocycles. The molecule has 100 valence electrons. The van der Waals surface area contributed by atoms with E-state index in [1.165, 1.54) is 6.07 Å². The van der Waals surface area contributed by atoms with Crippen LogP contribution < -0.4 is 5.73 Å². The van der Waals surface area contributed by atoms with Gasteiger partial charge in [0.15, 0.2) is 0 Å². The van der Waals surface area contributed by atoms with E-state index in [0.717, 1.165) is 24.3 Å². The average molecular weight is 273 g/mol. The Morgan fingerprint density at radius 2 is 1.47 bits per heavy atom. The first-order valence-electron chi connectivity index (χ1n) is 5.21. The van der Waals surface area contributed by atoms with Gasteiger partial charge in [-0.3, -0.25) is 0 Å². The van der Waals surface area contributed by atoms with Gasteiger partial charge >= 0.3 is 6.18 Å². The highest BCUT2D eigenvalue weighted by molar-refractivity contribution is 5.68. The molecule has 0 fully saturated rings. The summed E-state index contributed by atoms with van der Waals surface area (Å²) in [5.41, 5.74) is 3.42. The van der Waals surface area contributed by atoms with E-state index < -0.39 is 28.9 Å². The molecular formula is C13H8F5N. The minimum absolute atomic E-state index is 0.134. The van der Waals surface area contributed by atoms with Crippen LogP contribution in [-0.4, -0.2) is 0 Å². The maximum atomic E-state index is 13.6. The van der Waals surface area contributed by atoms with E-state index in [2.05, 4.69) is 0 Å². The zero-order valence-corrected chi connectivity index (χ0v) is 9.43. The molecule has 0 heterocycles. The SMILES string of the molecule is Nc1cc(F)c(-c2cccc(C(F)(F)F)c2)c(F)c1. The summed E-state index contributed by atoms with van der Waals surface area (Å²) in [4.78, 5) is 0. The van der Waals surface area contributed by atoms with Gasteiger partial charge in [-0.05, 0) is 29.8 Å². The van der Waals surface area contributed by atoms with Gasteiger partial charge < -0.3 is 5.73 Å². The highest BCUT2D eigenvalue weighted by atomic mass is 19.4. The van der Waals surface area contributed by atoms with Gasteiger partial charge in [-0.15, -0.1) is 0 Å². The number of anilines is 1. The molecule has 0 spiro atoms. The van der Waals surface area contributed by atoms with Crippen LogP contribution in [0.4, 0.5) is 27.6 Å². The molecule has 0 aliphatic heterocycles. The second kappa shape index (κ2) is 4.53. The van der Waals surface area contributed by atoms with Gasteiger partial charge in [0.25, 0.3) is 0 Å². The average Bonchev–Trinajstić information content (AvgIpc) is 2.26. The second-order valence-corrected chi connectivity index (χ2v) is 3.94. The largest absolute Gasteiger partial charge is 0.416 e. The van der Waals surface area contributed by atoms with E-state index in [1.807, 2.05) is 0 Å². The number of hydrogen-bond donors (Lipinski definition) is 1. The van der Waals surface area contributed by atoms with Crippen LogP contribution in [0.25, 0.3) is 11.1 Å². The molecule has 0 amide bonds. The highest BCUT2D eigenvalue weighted by Gasteiger charge is 2.30. The van der Waals surface area contributed by atoms with Gasteiger partial charge in [-0.2, -0.15) is 13.2 Å². The minimum Gasteiger partial charge on any atom is -0.399 e. The second-order valence-electron chi connectivity index (χ2n) is 3.94. The van der Waals surface area contributed by atoms with E-state index >= 15 is 0 Å². The van der Waals surface area contributed by atoms with Crippen molar-refractivity contribution < 1.29 is 22.0 Å². The van der Waals surface area contributed by atoms with E-state index in [9.17, 15) is 22.0 Å². The van der Waals surface area contributed by atoms with Crippen molar-refractivity contribution in [1.82, 2.24) is 0 Å². The summed E-state index contributed by atoms with van der Waals surface area (Å²) in [7, 11) is 0. The maximum absolute atomic E-state index is 13.6. The predicted molar refractivity (Wildman–Crippen MR) is 61.2 cm³/mol. The number of hydrogen-bond acceptors (Lipinski definition) is 1. The molecule has 0 atom stereocenters. The number of nitrogens with two attached hydrogens (primary N) is 1. The van der Waals surface area contributed by atoms with Crippen molar-refractivity contribution in [2.45, 2.75) is 6.18 Å². The van der Waals surface area contributed by atoms with Gasteiger partial charge in [0.2, 0.25) is 0 Å². The lowest BCUT2D eigenvalue weighted by atomic mass is 10.0. The molecule has 0 aliphatic rings. The van der Waals surface area contributed by atoms with Crippen LogP contribution in [-0.2, 0) is 6.18 Å². The lowest BCUT2D eigenvalue weighted by molar-refractivity contribution is -0.137. The quantitative estimate of drug-likeness (QED) is 0.610. The Morgan fingerprint density at radius 1 is 0.895 bits per heavy atom. The van der Waals surface area contributed by atoms with E-state index in [4.69, 9.17) is 5.73 Å². The van der Waals surface area contributed by atoms with E-state index in [0.29, 0.717) is 6.07 Å². The Balaban J connectivity index is 2.60. The van der Waals surface area contributed by atoms with Crippen molar-refractivity contribution in [3.05, 3.63) is 53.6 Å². The molecule has 1 nitrogen and oxygen atoms in total. The van der Waals surface area contributed by atoms with Crippen LogP contribution in [0.2, 0.25) is 0 Å². The summed E-state index contributed by atoms with van der Waals surface area (Å²) in [6.07, 6.45) is -4.57. The molecule has 2 N–H and O–H groups in total. The van der Waals surface area contributed by atoms with Crippen LogP contribution in [0.1, 0.15) is 5.56 Å². The van der Waals surface area contributed by atoms with Gasteiger partial charge in [0, 0.05) is 5.69 Å². The Hall–Kier alpha value is -2.11. The van der Waals surface area contributed by atoms with Crippen molar-refractivity contribution in [3.63, 3.8) is 0 Å². The highest BCUT2D eigenvalue weighted by Crippen LogP contribution is 2.34. The number of nitrogen functional groups attached to an aromatic ring is 1. The summed E-state index contributed by atoms with van der Waals surface area (Å²) in [5, 5.41) is 0. The third-order valence-corrected chi connectivity index (χ3v) is 2.54. The maximum Gasteiger partial charge on any atom is 0.416 e. The van der Waals surface area contributed by atoms with Gasteiger partial charge in [0.1, 0.15) is 11.6 Å². The molecule has 2 aromatic carbocycles. The standard InChI is InChI=1S/C13H8F5N/c14-10-5-9(19)6-11(15)12(10)7-2-1-3-8(4-7)13(16,17)18/h1-6H,19H2. The number of rotatable bonds is 1. The van der Waals surface area contributed by atoms with Crippen molar-refractivity contribution >= 4 is 5.69 Å². The first-order chi connectivity index (χ1) is 8.79. The third-order valence-electron chi connectivity index (χ3n) is 2.54. The van der Waals surface area contributed by atoms with Crippen LogP contribution in [0, 0.1) is 11.6 Å². The smallest absolute Gasteiger partial charge is 0.399 e. The molecule has 0 bridgehead atoms. The first-order valence-corrected chi connectivity index (χ1v) is 5.21. The molecule has 0 unspecified atom stereocenters. The third kappa shape index (κ3) is 2.67. The minimum atomic E-state index is -4.57. The number of alkyl halides is 3. The molecule has 0 radical (unpaired) electrons. The fraction of sp³-hybridized carbons (Fsp3) is 0.0769. The zero-order chi connectivity index (χ0) is 14.2. The molecule has 6 heteroatoms. The van der Waals surface area contributed by atoms with Gasteiger partial charge in [-0.1, -0.05) is 12.1 Å². The summed E-state index contributed by atoms with van der Waals surface area (Å²) in [5.74, 6) is -2.01. The van der Waals surface area contributed by atoms with Crippen molar-refractivity contribution in [1.29, 1.82) is 0 Å². The molecule has 0 aromatic heterocycles. The summed E-state index contributed by atoms with van der Waals surface area (Å²) in [6, 6.07) is 5.53. The Morgan fingerprint density at radius 3 is 2.00 bits per heavy atom. The van der Waals surface area contributed by atoms with Crippen LogP contribution >= 0.6 is 0 Å². The topological polar surface area (TPSA) is 26.0 Å². The van der Waals surface area contributed by atoms with Crippen molar-refractivity contribution in [3.8, 4) is 11.1 Å². The van der Waals surface area contributed by atoms with Gasteiger partial charge in [0.05, 0.1) is 11.1 Å². The Labute approximate surface area is 105 Å². The lowest BCUT2D eigenvalue weighted by Crippen LogP contribution is -2.05. The molecule has 0 saturated carbocycles. The Kier molecular flexibility index (Phi) is 3.18. The molecule has 0 saturated heterocycles. The Bertz CT molecular complexity index is 596. The van der Waals surface area contributed by atoms with Crippen LogP contribution in [0.5, 0.6) is 0 Å². The molecule has 2 rings (SSSR count). The lowest BCUT2D eigenvalue weighted by Gasteiger charge is -2.10. The first kappa shape index (κ1) is 13.3. The van der Waals surface area contributed by atoms with Crippen LogP contribution in [0.15, 0.2) is 36.4 Å². The van der Waals surface area contributed by atoms with Crippen molar-refractivity contribution in [2.24, 2.45) is 0 Å². The zero-order valence-electron chi connectivity index (χ0n) is 9.43. The fourth-order valence-electron chi connectivity index (χ4n) is 1.72. The van der Waals surface area contributed by atoms with Gasteiger partial charge in [-0.25, -0.2) is 8.78 Å². The van der Waals surface area contributed by atoms with Crippen LogP contribution in [0.3, 0.4) is 0 Å². The summed E-state index contributed by atoms with van der Waals surface area (Å²) in [6.45, 7) is 0.